The average Bonchev–Trinajstić information content (AvgIpc) is 3.10. The third-order valence-corrected chi connectivity index (χ3v) is 4.80. The van der Waals surface area contributed by atoms with Crippen LogP contribution in [0.15, 0.2) is 41.1 Å². The first kappa shape index (κ1) is 19.0. The van der Waals surface area contributed by atoms with Crippen LogP contribution in [-0.4, -0.2) is 27.9 Å². The number of phenolic OH excluding ortho intramolecular Hbond substituents is 1. The monoisotopic (exact) mass is 360 g/mol. The molecule has 1 aromatic heterocycles. The van der Waals surface area contributed by atoms with Crippen LogP contribution < -0.4 is 5.32 Å². The molecule has 5 nitrogen and oxygen atoms in total. The first-order valence-corrected chi connectivity index (χ1v) is 9.33. The van der Waals surface area contributed by atoms with Crippen molar-refractivity contribution in [3.05, 3.63) is 46.7 Å². The summed E-state index contributed by atoms with van der Waals surface area (Å²) in [4.78, 5) is 26.5. The number of anilines is 1. The number of benzene rings is 1. The van der Waals surface area contributed by atoms with Crippen LogP contribution in [0.3, 0.4) is 0 Å². The molecule has 2 amide bonds. The maximum Gasteiger partial charge on any atom is 0.224 e. The fourth-order valence-corrected chi connectivity index (χ4v) is 3.12. The first-order valence-electron chi connectivity index (χ1n) is 8.39. The molecule has 0 spiro atoms. The molecule has 1 heterocycles. The van der Waals surface area contributed by atoms with E-state index in [0.29, 0.717) is 12.2 Å². The standard InChI is InChI=1S/C19H24N2O3S/c1-3-14(2)21(12-15-9-10-25-13-15)19(24)8-7-18(23)20-16-5-4-6-17(22)11-16/h4-6,9-11,13-14,22H,3,7-8,12H2,1-2H3,(H,20,23). The third kappa shape index (κ3) is 5.90. The molecule has 1 atom stereocenters. The van der Waals surface area contributed by atoms with Crippen LogP contribution in [0, 0.1) is 0 Å². The van der Waals surface area contributed by atoms with E-state index in [1.54, 1.807) is 23.5 Å². The highest BCUT2D eigenvalue weighted by molar-refractivity contribution is 7.07. The van der Waals surface area contributed by atoms with E-state index in [9.17, 15) is 14.7 Å². The second-order valence-corrected chi connectivity index (χ2v) is 6.79. The number of hydrogen-bond donors (Lipinski definition) is 2. The summed E-state index contributed by atoms with van der Waals surface area (Å²) in [6.07, 6.45) is 1.15. The summed E-state index contributed by atoms with van der Waals surface area (Å²) >= 11 is 1.61. The lowest BCUT2D eigenvalue weighted by atomic mass is 10.1. The van der Waals surface area contributed by atoms with Gasteiger partial charge in [0, 0.05) is 37.2 Å². The number of phenols is 1. The Bertz CT molecular complexity index is 700. The zero-order chi connectivity index (χ0) is 18.2. The molecule has 0 aliphatic rings. The Morgan fingerprint density at radius 2 is 2.08 bits per heavy atom. The van der Waals surface area contributed by atoms with Crippen LogP contribution in [0.25, 0.3) is 0 Å². The minimum atomic E-state index is -0.237. The molecule has 0 aliphatic carbocycles. The molecule has 0 saturated heterocycles. The van der Waals surface area contributed by atoms with E-state index in [0.717, 1.165) is 12.0 Å². The predicted octanol–water partition coefficient (Wildman–Crippen LogP) is 4.00. The van der Waals surface area contributed by atoms with Gasteiger partial charge >= 0.3 is 0 Å². The van der Waals surface area contributed by atoms with Crippen molar-refractivity contribution in [1.29, 1.82) is 0 Å². The average molecular weight is 360 g/mol. The first-order chi connectivity index (χ1) is 12.0. The molecule has 134 valence electrons. The van der Waals surface area contributed by atoms with E-state index >= 15 is 0 Å². The fraction of sp³-hybridized carbons (Fsp3) is 0.368. The molecule has 2 N–H and O–H groups in total. The summed E-state index contributed by atoms with van der Waals surface area (Å²) in [5.41, 5.74) is 1.64. The molecule has 0 aliphatic heterocycles. The number of aromatic hydroxyl groups is 1. The van der Waals surface area contributed by atoms with Gasteiger partial charge in [-0.05, 0) is 47.9 Å². The number of nitrogens with one attached hydrogen (secondary N) is 1. The van der Waals surface area contributed by atoms with Crippen LogP contribution in [0.4, 0.5) is 5.69 Å². The molecule has 0 bridgehead atoms. The van der Waals surface area contributed by atoms with Gasteiger partial charge in [-0.3, -0.25) is 9.59 Å². The maximum atomic E-state index is 12.6. The van der Waals surface area contributed by atoms with Gasteiger partial charge in [0.2, 0.25) is 11.8 Å². The smallest absolute Gasteiger partial charge is 0.224 e. The summed E-state index contributed by atoms with van der Waals surface area (Å²) < 4.78 is 0. The maximum absolute atomic E-state index is 12.6. The van der Waals surface area contributed by atoms with Gasteiger partial charge in [-0.1, -0.05) is 13.0 Å². The topological polar surface area (TPSA) is 69.6 Å². The van der Waals surface area contributed by atoms with E-state index in [1.165, 1.54) is 12.1 Å². The number of hydrogen-bond acceptors (Lipinski definition) is 4. The quantitative estimate of drug-likeness (QED) is 0.747. The summed E-state index contributed by atoms with van der Waals surface area (Å²) in [5, 5.41) is 16.2. The largest absolute Gasteiger partial charge is 0.508 e. The number of carbonyl (C=O) groups is 2. The lowest BCUT2D eigenvalue weighted by Gasteiger charge is -2.28. The molecule has 6 heteroatoms. The number of carbonyl (C=O) groups excluding carboxylic acids is 2. The predicted molar refractivity (Wildman–Crippen MR) is 101 cm³/mol. The van der Waals surface area contributed by atoms with Crippen LogP contribution in [0.1, 0.15) is 38.7 Å². The fourth-order valence-electron chi connectivity index (χ4n) is 2.46. The van der Waals surface area contributed by atoms with Crippen molar-refractivity contribution in [3.8, 4) is 5.75 Å². The Labute approximate surface area is 152 Å². The van der Waals surface area contributed by atoms with Gasteiger partial charge in [0.15, 0.2) is 0 Å². The van der Waals surface area contributed by atoms with Crippen LogP contribution >= 0.6 is 11.3 Å². The molecule has 1 aromatic carbocycles. The molecule has 1 unspecified atom stereocenters. The Kier molecular flexibility index (Phi) is 7.01. The number of rotatable bonds is 8. The van der Waals surface area contributed by atoms with Gasteiger partial charge in [-0.15, -0.1) is 0 Å². The second kappa shape index (κ2) is 9.22. The minimum absolute atomic E-state index is 0.0217. The molecule has 0 radical (unpaired) electrons. The number of nitrogens with zero attached hydrogens (tertiary/aromatic N) is 1. The van der Waals surface area contributed by atoms with Crippen molar-refractivity contribution in [2.45, 2.75) is 45.7 Å². The highest BCUT2D eigenvalue weighted by Gasteiger charge is 2.20. The molecule has 0 saturated carbocycles. The van der Waals surface area contributed by atoms with Crippen LogP contribution in [0.2, 0.25) is 0 Å². The van der Waals surface area contributed by atoms with Crippen molar-refractivity contribution in [1.82, 2.24) is 4.90 Å². The van der Waals surface area contributed by atoms with Crippen molar-refractivity contribution < 1.29 is 14.7 Å². The summed E-state index contributed by atoms with van der Waals surface area (Å²) in [7, 11) is 0. The van der Waals surface area contributed by atoms with Crippen molar-refractivity contribution in [3.63, 3.8) is 0 Å². The van der Waals surface area contributed by atoms with Gasteiger partial charge in [0.25, 0.3) is 0 Å². The van der Waals surface area contributed by atoms with E-state index in [4.69, 9.17) is 0 Å². The van der Waals surface area contributed by atoms with Crippen molar-refractivity contribution in [2.24, 2.45) is 0 Å². The number of thiophene rings is 1. The summed E-state index contributed by atoms with van der Waals surface area (Å²) in [6, 6.07) is 8.50. The molecule has 0 fully saturated rings. The SMILES string of the molecule is CCC(C)N(Cc1ccsc1)C(=O)CCC(=O)Nc1cccc(O)c1. The Hall–Kier alpha value is -2.34. The van der Waals surface area contributed by atoms with Gasteiger partial charge in [-0.25, -0.2) is 0 Å². The molecule has 2 rings (SSSR count). The highest BCUT2D eigenvalue weighted by Crippen LogP contribution is 2.17. The lowest BCUT2D eigenvalue weighted by Crippen LogP contribution is -2.38. The minimum Gasteiger partial charge on any atom is -0.508 e. The van der Waals surface area contributed by atoms with E-state index in [1.807, 2.05) is 35.6 Å². The lowest BCUT2D eigenvalue weighted by molar-refractivity contribution is -0.135. The summed E-state index contributed by atoms with van der Waals surface area (Å²) in [6.45, 7) is 4.65. The Morgan fingerprint density at radius 3 is 2.72 bits per heavy atom. The molecule has 25 heavy (non-hydrogen) atoms. The van der Waals surface area contributed by atoms with Crippen LogP contribution in [0.5, 0.6) is 5.75 Å². The van der Waals surface area contributed by atoms with Crippen molar-refractivity contribution in [2.75, 3.05) is 5.32 Å². The molecule has 2 aromatic rings. The van der Waals surface area contributed by atoms with Gasteiger partial charge in [-0.2, -0.15) is 11.3 Å². The molecular weight excluding hydrogens is 336 g/mol. The number of amides is 2. The van der Waals surface area contributed by atoms with E-state index < -0.39 is 0 Å². The zero-order valence-corrected chi connectivity index (χ0v) is 15.4. The zero-order valence-electron chi connectivity index (χ0n) is 14.6. The second-order valence-electron chi connectivity index (χ2n) is 6.01. The summed E-state index contributed by atoms with van der Waals surface area (Å²) in [5.74, 6) is -0.169. The van der Waals surface area contributed by atoms with Crippen LogP contribution in [-0.2, 0) is 16.1 Å². The van der Waals surface area contributed by atoms with Gasteiger partial charge in [0.05, 0.1) is 0 Å². The highest BCUT2D eigenvalue weighted by atomic mass is 32.1. The third-order valence-electron chi connectivity index (χ3n) is 4.07. The van der Waals surface area contributed by atoms with Gasteiger partial charge < -0.3 is 15.3 Å². The normalized spacial score (nSPS) is 11.8. The molecular formula is C19H24N2O3S. The van der Waals surface area contributed by atoms with Crippen molar-refractivity contribution >= 4 is 28.8 Å². The Morgan fingerprint density at radius 1 is 1.28 bits per heavy atom. The van der Waals surface area contributed by atoms with E-state index in [-0.39, 0.29) is 36.4 Å². The van der Waals surface area contributed by atoms with Gasteiger partial charge in [0.1, 0.15) is 5.75 Å². The Balaban J connectivity index is 1.90. The van der Waals surface area contributed by atoms with E-state index in [2.05, 4.69) is 5.32 Å².